The standard InChI is InChI=1S/C16H21N3O5.ClH/c1-23-14-5-10(13(19(21)22)6-15(14)24-2)16(20)18-7-9-3-4-12(17)11(9)8-18;/h5-6,9,11-12H,3-4,7-8,17H2,1-2H3;1H. The molecule has 1 saturated carbocycles. The molecule has 2 N–H and O–H groups in total. The van der Waals surface area contributed by atoms with Crippen LogP contribution in [0.2, 0.25) is 0 Å². The highest BCUT2D eigenvalue weighted by atomic mass is 35.5. The largest absolute Gasteiger partial charge is 0.493 e. The molecule has 2 aliphatic rings. The molecule has 1 saturated heterocycles. The van der Waals surface area contributed by atoms with Gasteiger partial charge in [0.05, 0.1) is 25.2 Å². The van der Waals surface area contributed by atoms with E-state index >= 15 is 0 Å². The van der Waals surface area contributed by atoms with Crippen LogP contribution in [0.1, 0.15) is 23.2 Å². The quantitative estimate of drug-likeness (QED) is 0.639. The van der Waals surface area contributed by atoms with Crippen molar-refractivity contribution in [2.24, 2.45) is 17.6 Å². The fourth-order valence-corrected chi connectivity index (χ4v) is 3.83. The first-order valence-electron chi connectivity index (χ1n) is 7.91. The Kier molecular flexibility index (Phi) is 5.74. The number of nitro benzene ring substituents is 1. The molecule has 1 heterocycles. The highest BCUT2D eigenvalue weighted by Gasteiger charge is 2.43. The fourth-order valence-electron chi connectivity index (χ4n) is 3.83. The second kappa shape index (κ2) is 7.45. The molecule has 0 bridgehead atoms. The number of methoxy groups -OCH3 is 2. The molecule has 9 heteroatoms. The Morgan fingerprint density at radius 1 is 1.24 bits per heavy atom. The Bertz CT molecular complexity index is 684. The number of hydrogen-bond acceptors (Lipinski definition) is 6. The predicted molar refractivity (Wildman–Crippen MR) is 93.5 cm³/mol. The number of benzene rings is 1. The summed E-state index contributed by atoms with van der Waals surface area (Å²) in [4.78, 5) is 25.3. The first-order valence-corrected chi connectivity index (χ1v) is 7.91. The lowest BCUT2D eigenvalue weighted by molar-refractivity contribution is -0.385. The number of carbonyl (C=O) groups is 1. The van der Waals surface area contributed by atoms with Crippen LogP contribution >= 0.6 is 12.4 Å². The van der Waals surface area contributed by atoms with Crippen molar-refractivity contribution in [2.75, 3.05) is 27.3 Å². The van der Waals surface area contributed by atoms with Gasteiger partial charge in [0.1, 0.15) is 5.56 Å². The van der Waals surface area contributed by atoms with Gasteiger partial charge >= 0.3 is 0 Å². The number of carbonyl (C=O) groups excluding carboxylic acids is 1. The molecular formula is C16H22ClN3O5. The number of fused-ring (bicyclic) bond motifs is 1. The average Bonchev–Trinajstić information content (AvgIpc) is 3.15. The van der Waals surface area contributed by atoms with Gasteiger partial charge in [-0.05, 0) is 24.7 Å². The van der Waals surface area contributed by atoms with Crippen molar-refractivity contribution in [3.63, 3.8) is 0 Å². The lowest BCUT2D eigenvalue weighted by Gasteiger charge is -2.19. The molecule has 3 unspecified atom stereocenters. The van der Waals surface area contributed by atoms with Crippen molar-refractivity contribution in [3.8, 4) is 11.5 Å². The van der Waals surface area contributed by atoms with Crippen LogP contribution in [-0.2, 0) is 0 Å². The molecule has 138 valence electrons. The number of halogens is 1. The Hall–Kier alpha value is -2.06. The van der Waals surface area contributed by atoms with Crippen LogP contribution in [0.3, 0.4) is 0 Å². The van der Waals surface area contributed by atoms with Gasteiger partial charge in [0.2, 0.25) is 0 Å². The molecule has 1 aromatic rings. The predicted octanol–water partition coefficient (Wildman–Crippen LogP) is 1.84. The van der Waals surface area contributed by atoms with Gasteiger partial charge in [-0.15, -0.1) is 12.4 Å². The van der Waals surface area contributed by atoms with Crippen LogP contribution in [0, 0.1) is 22.0 Å². The molecule has 8 nitrogen and oxygen atoms in total. The summed E-state index contributed by atoms with van der Waals surface area (Å²) >= 11 is 0. The zero-order valence-corrected chi connectivity index (χ0v) is 15.0. The molecule has 1 aromatic carbocycles. The van der Waals surface area contributed by atoms with E-state index in [1.165, 1.54) is 26.4 Å². The number of hydrogen-bond donors (Lipinski definition) is 1. The molecule has 0 radical (unpaired) electrons. The normalized spacial score (nSPS) is 24.4. The lowest BCUT2D eigenvalue weighted by Crippen LogP contribution is -2.33. The molecule has 3 rings (SSSR count). The van der Waals surface area contributed by atoms with Crippen molar-refractivity contribution in [1.82, 2.24) is 4.90 Å². The third-order valence-corrected chi connectivity index (χ3v) is 5.13. The highest BCUT2D eigenvalue weighted by Crippen LogP contribution is 2.40. The van der Waals surface area contributed by atoms with Gasteiger partial charge in [0.15, 0.2) is 11.5 Å². The first-order chi connectivity index (χ1) is 11.5. The number of ether oxygens (including phenoxy) is 2. The van der Waals surface area contributed by atoms with Gasteiger partial charge in [-0.1, -0.05) is 0 Å². The van der Waals surface area contributed by atoms with Crippen LogP contribution in [0.5, 0.6) is 11.5 Å². The summed E-state index contributed by atoms with van der Waals surface area (Å²) in [5.41, 5.74) is 5.84. The summed E-state index contributed by atoms with van der Waals surface area (Å²) < 4.78 is 10.3. The summed E-state index contributed by atoms with van der Waals surface area (Å²) in [6.45, 7) is 1.15. The van der Waals surface area contributed by atoms with E-state index in [9.17, 15) is 14.9 Å². The van der Waals surface area contributed by atoms with Crippen LogP contribution < -0.4 is 15.2 Å². The Labute approximate surface area is 151 Å². The minimum Gasteiger partial charge on any atom is -0.493 e. The summed E-state index contributed by atoms with van der Waals surface area (Å²) in [7, 11) is 2.82. The number of nitrogens with zero attached hydrogens (tertiary/aromatic N) is 2. The van der Waals surface area contributed by atoms with Crippen LogP contribution in [0.15, 0.2) is 12.1 Å². The fraction of sp³-hybridized carbons (Fsp3) is 0.562. The summed E-state index contributed by atoms with van der Waals surface area (Å²) in [5, 5.41) is 11.4. The Morgan fingerprint density at radius 3 is 2.44 bits per heavy atom. The first kappa shape index (κ1) is 19.3. The third-order valence-electron chi connectivity index (χ3n) is 5.13. The molecule has 0 spiro atoms. The summed E-state index contributed by atoms with van der Waals surface area (Å²) in [6, 6.07) is 2.72. The van der Waals surface area contributed by atoms with Crippen molar-refractivity contribution in [3.05, 3.63) is 27.8 Å². The monoisotopic (exact) mass is 371 g/mol. The van der Waals surface area contributed by atoms with E-state index in [0.717, 1.165) is 12.8 Å². The maximum Gasteiger partial charge on any atom is 0.286 e. The molecule has 2 fully saturated rings. The minimum absolute atomic E-state index is 0. The smallest absolute Gasteiger partial charge is 0.286 e. The van der Waals surface area contributed by atoms with E-state index in [4.69, 9.17) is 15.2 Å². The molecule has 25 heavy (non-hydrogen) atoms. The zero-order chi connectivity index (χ0) is 17.4. The molecule has 0 aromatic heterocycles. The molecule has 1 amide bonds. The van der Waals surface area contributed by atoms with Crippen LogP contribution in [0.4, 0.5) is 5.69 Å². The highest BCUT2D eigenvalue weighted by molar-refractivity contribution is 5.99. The van der Waals surface area contributed by atoms with E-state index in [1.54, 1.807) is 4.90 Å². The number of nitro groups is 1. The van der Waals surface area contributed by atoms with Crippen molar-refractivity contribution >= 4 is 24.0 Å². The van der Waals surface area contributed by atoms with Gasteiger partial charge in [0.25, 0.3) is 11.6 Å². The SMILES string of the molecule is COc1cc(C(=O)N2CC3CCC(N)C3C2)c([N+](=O)[O-])cc1OC.Cl. The lowest BCUT2D eigenvalue weighted by atomic mass is 9.98. The minimum atomic E-state index is -0.572. The molecule has 1 aliphatic carbocycles. The topological polar surface area (TPSA) is 108 Å². The second-order valence-corrected chi connectivity index (χ2v) is 6.36. The number of nitrogens with two attached hydrogens (primary N) is 1. The van der Waals surface area contributed by atoms with Crippen LogP contribution in [-0.4, -0.2) is 49.1 Å². The number of likely N-dealkylation sites (tertiary alicyclic amines) is 1. The van der Waals surface area contributed by atoms with Gasteiger partial charge < -0.3 is 20.1 Å². The van der Waals surface area contributed by atoms with E-state index in [1.807, 2.05) is 0 Å². The van der Waals surface area contributed by atoms with Gasteiger partial charge in [0, 0.05) is 25.2 Å². The summed E-state index contributed by atoms with van der Waals surface area (Å²) in [6.07, 6.45) is 1.98. The molecular weight excluding hydrogens is 350 g/mol. The number of amides is 1. The summed E-state index contributed by atoms with van der Waals surface area (Å²) in [5.74, 6) is 0.837. The van der Waals surface area contributed by atoms with E-state index in [-0.39, 0.29) is 47.3 Å². The molecule has 3 atom stereocenters. The van der Waals surface area contributed by atoms with E-state index in [0.29, 0.717) is 24.8 Å². The van der Waals surface area contributed by atoms with Crippen LogP contribution in [0.25, 0.3) is 0 Å². The average molecular weight is 372 g/mol. The maximum absolute atomic E-state index is 12.9. The van der Waals surface area contributed by atoms with Crippen molar-refractivity contribution in [2.45, 2.75) is 18.9 Å². The second-order valence-electron chi connectivity index (χ2n) is 6.36. The zero-order valence-electron chi connectivity index (χ0n) is 14.1. The van der Waals surface area contributed by atoms with Gasteiger partial charge in [-0.25, -0.2) is 0 Å². The van der Waals surface area contributed by atoms with Crippen molar-refractivity contribution < 1.29 is 19.2 Å². The maximum atomic E-state index is 12.9. The van der Waals surface area contributed by atoms with Gasteiger partial charge in [-0.2, -0.15) is 0 Å². The van der Waals surface area contributed by atoms with Crippen molar-refractivity contribution in [1.29, 1.82) is 0 Å². The van der Waals surface area contributed by atoms with E-state index < -0.39 is 4.92 Å². The number of rotatable bonds is 4. The van der Waals surface area contributed by atoms with Gasteiger partial charge in [-0.3, -0.25) is 14.9 Å². The molecule has 1 aliphatic heterocycles. The third kappa shape index (κ3) is 3.36. The van der Waals surface area contributed by atoms with E-state index in [2.05, 4.69) is 0 Å². The Morgan fingerprint density at radius 2 is 1.88 bits per heavy atom. The Balaban J connectivity index is 0.00000225.